The van der Waals surface area contributed by atoms with Crippen LogP contribution in [0.2, 0.25) is 0 Å². The first kappa shape index (κ1) is 12.5. The lowest BCUT2D eigenvalue weighted by atomic mass is 10.1. The van der Waals surface area contributed by atoms with Crippen LogP contribution in [0.25, 0.3) is 0 Å². The van der Waals surface area contributed by atoms with Gasteiger partial charge in [0.05, 0.1) is 5.56 Å². The van der Waals surface area contributed by atoms with Gasteiger partial charge >= 0.3 is 6.18 Å². The van der Waals surface area contributed by atoms with E-state index in [0.717, 1.165) is 0 Å². The molecule has 1 aromatic rings. The summed E-state index contributed by atoms with van der Waals surface area (Å²) in [6.45, 7) is 0. The van der Waals surface area contributed by atoms with Crippen molar-refractivity contribution in [2.45, 2.75) is 12.6 Å². The van der Waals surface area contributed by atoms with Crippen molar-refractivity contribution in [2.75, 3.05) is 0 Å². The third-order valence-corrected chi connectivity index (χ3v) is 1.67. The maximum Gasteiger partial charge on any atom is 0.396 e. The number of halogens is 6. The number of ketones is 1. The lowest BCUT2D eigenvalue weighted by Gasteiger charge is -2.06. The predicted octanol–water partition coefficient (Wildman–Crippen LogP) is 3.24. The average molecular weight is 242 g/mol. The summed E-state index contributed by atoms with van der Waals surface area (Å²) in [4.78, 5) is 10.9. The quantitative estimate of drug-likeness (QED) is 0.442. The van der Waals surface area contributed by atoms with E-state index >= 15 is 0 Å². The highest BCUT2D eigenvalue weighted by atomic mass is 19.4. The monoisotopic (exact) mass is 242 g/mol. The zero-order chi connectivity index (χ0) is 12.5. The third kappa shape index (κ3) is 2.98. The van der Waals surface area contributed by atoms with Gasteiger partial charge in [0, 0.05) is 6.07 Å². The highest BCUT2D eigenvalue weighted by Crippen LogP contribution is 2.24. The van der Waals surface area contributed by atoms with Crippen molar-refractivity contribution in [2.24, 2.45) is 0 Å². The molecule has 0 amide bonds. The molecule has 88 valence electrons. The molecule has 0 unspecified atom stereocenters. The summed E-state index contributed by atoms with van der Waals surface area (Å²) in [6, 6.07) is 0.137. The van der Waals surface area contributed by atoms with Crippen LogP contribution in [0.4, 0.5) is 26.3 Å². The molecule has 0 aromatic heterocycles. The normalized spacial score (nSPS) is 11.6. The van der Waals surface area contributed by atoms with Crippen LogP contribution >= 0.6 is 0 Å². The fourth-order valence-electron chi connectivity index (χ4n) is 1.01. The fourth-order valence-corrected chi connectivity index (χ4v) is 1.01. The van der Waals surface area contributed by atoms with Crippen molar-refractivity contribution in [1.82, 2.24) is 0 Å². The zero-order valence-corrected chi connectivity index (χ0v) is 7.54. The van der Waals surface area contributed by atoms with E-state index in [1.54, 1.807) is 0 Å². The van der Waals surface area contributed by atoms with Crippen molar-refractivity contribution >= 4 is 5.78 Å². The summed E-state index contributed by atoms with van der Waals surface area (Å²) < 4.78 is 73.2. The summed E-state index contributed by atoms with van der Waals surface area (Å²) in [5, 5.41) is 0. The van der Waals surface area contributed by atoms with E-state index < -0.39 is 41.4 Å². The van der Waals surface area contributed by atoms with Gasteiger partial charge in [0.2, 0.25) is 0 Å². The van der Waals surface area contributed by atoms with Crippen molar-refractivity contribution in [3.8, 4) is 0 Å². The van der Waals surface area contributed by atoms with Crippen LogP contribution in [0.1, 0.15) is 16.8 Å². The second-order valence-electron chi connectivity index (χ2n) is 2.96. The van der Waals surface area contributed by atoms with E-state index in [2.05, 4.69) is 0 Å². The smallest absolute Gasteiger partial charge is 0.294 e. The molecule has 0 heterocycles. The molecule has 1 rings (SSSR count). The molecular formula is C9H4F6O. The van der Waals surface area contributed by atoms with Crippen LogP contribution in [-0.4, -0.2) is 12.0 Å². The van der Waals surface area contributed by atoms with Crippen molar-refractivity contribution in [3.05, 3.63) is 35.1 Å². The van der Waals surface area contributed by atoms with Crippen LogP contribution in [0.3, 0.4) is 0 Å². The summed E-state index contributed by atoms with van der Waals surface area (Å²) in [6.07, 6.45) is -6.75. The van der Waals surface area contributed by atoms with Gasteiger partial charge in [-0.05, 0) is 6.07 Å². The lowest BCUT2D eigenvalue weighted by molar-refractivity contribution is -0.125. The lowest BCUT2D eigenvalue weighted by Crippen LogP contribution is -2.16. The summed E-state index contributed by atoms with van der Waals surface area (Å²) >= 11 is 0. The predicted molar refractivity (Wildman–Crippen MR) is 41.3 cm³/mol. The number of rotatable bonds is 2. The second kappa shape index (κ2) is 4.15. The number of carbonyl (C=O) groups is 1. The largest absolute Gasteiger partial charge is 0.396 e. The molecule has 0 N–H and O–H groups in total. The van der Waals surface area contributed by atoms with Gasteiger partial charge in [0.15, 0.2) is 17.4 Å². The van der Waals surface area contributed by atoms with Crippen LogP contribution in [0.5, 0.6) is 0 Å². The van der Waals surface area contributed by atoms with Gasteiger partial charge in [-0.1, -0.05) is 0 Å². The average Bonchev–Trinajstić information content (AvgIpc) is 2.08. The Bertz CT molecular complexity index is 423. The van der Waals surface area contributed by atoms with E-state index in [4.69, 9.17) is 0 Å². The van der Waals surface area contributed by atoms with Gasteiger partial charge in [-0.2, -0.15) is 13.2 Å². The van der Waals surface area contributed by atoms with Crippen molar-refractivity contribution < 1.29 is 31.1 Å². The molecule has 1 aromatic carbocycles. The first-order chi connectivity index (χ1) is 7.20. The van der Waals surface area contributed by atoms with Crippen molar-refractivity contribution in [3.63, 3.8) is 0 Å². The van der Waals surface area contributed by atoms with Gasteiger partial charge in [-0.25, -0.2) is 13.2 Å². The number of benzene rings is 1. The van der Waals surface area contributed by atoms with E-state index in [1.807, 2.05) is 0 Å². The highest BCUT2D eigenvalue weighted by Gasteiger charge is 2.33. The van der Waals surface area contributed by atoms with Crippen LogP contribution < -0.4 is 0 Å². The minimum absolute atomic E-state index is 0.0267. The topological polar surface area (TPSA) is 17.1 Å². The molecule has 0 aliphatic carbocycles. The zero-order valence-electron chi connectivity index (χ0n) is 7.54. The SMILES string of the molecule is O=C(CC(F)(F)F)c1cc(F)c(F)cc1F. The van der Waals surface area contributed by atoms with Gasteiger partial charge in [0.1, 0.15) is 12.2 Å². The molecule has 0 spiro atoms. The fraction of sp³-hybridized carbons (Fsp3) is 0.222. The van der Waals surface area contributed by atoms with Gasteiger partial charge < -0.3 is 0 Å². The van der Waals surface area contributed by atoms with Crippen LogP contribution in [-0.2, 0) is 0 Å². The molecule has 0 aliphatic rings. The number of alkyl halides is 3. The molecule has 0 saturated carbocycles. The summed E-state index contributed by atoms with van der Waals surface area (Å²) in [5.74, 6) is -6.31. The van der Waals surface area contributed by atoms with E-state index in [9.17, 15) is 31.1 Å². The number of hydrogen-bond donors (Lipinski definition) is 0. The Hall–Kier alpha value is -1.53. The van der Waals surface area contributed by atoms with E-state index in [-0.39, 0.29) is 12.1 Å². The summed E-state index contributed by atoms with van der Waals surface area (Å²) in [7, 11) is 0. The van der Waals surface area contributed by atoms with Gasteiger partial charge in [-0.15, -0.1) is 0 Å². The number of hydrogen-bond acceptors (Lipinski definition) is 1. The molecule has 0 bridgehead atoms. The molecule has 1 nitrogen and oxygen atoms in total. The molecule has 0 aliphatic heterocycles. The Morgan fingerprint density at radius 2 is 1.50 bits per heavy atom. The Balaban J connectivity index is 3.05. The first-order valence-corrected chi connectivity index (χ1v) is 3.95. The minimum atomic E-state index is -4.83. The Morgan fingerprint density at radius 3 is 2.00 bits per heavy atom. The van der Waals surface area contributed by atoms with E-state index in [0.29, 0.717) is 0 Å². The molecule has 0 saturated heterocycles. The van der Waals surface area contributed by atoms with E-state index in [1.165, 1.54) is 0 Å². The Kier molecular flexibility index (Phi) is 3.25. The maximum absolute atomic E-state index is 12.9. The highest BCUT2D eigenvalue weighted by molar-refractivity contribution is 5.96. The molecule has 0 radical (unpaired) electrons. The second-order valence-corrected chi connectivity index (χ2v) is 2.96. The Labute approximate surface area is 85.7 Å². The molecule has 0 fully saturated rings. The third-order valence-electron chi connectivity index (χ3n) is 1.67. The molecular weight excluding hydrogens is 238 g/mol. The molecule has 16 heavy (non-hydrogen) atoms. The number of Topliss-reactive ketones (excluding diaryl/α,β-unsaturated/α-hetero) is 1. The van der Waals surface area contributed by atoms with Crippen LogP contribution in [0, 0.1) is 17.5 Å². The van der Waals surface area contributed by atoms with Gasteiger partial charge in [-0.3, -0.25) is 4.79 Å². The maximum atomic E-state index is 12.9. The standard InChI is InChI=1S/C9H4F6O/c10-5-2-7(12)6(11)1-4(5)8(16)3-9(13,14)15/h1-2H,3H2. The van der Waals surface area contributed by atoms with Gasteiger partial charge in [0.25, 0.3) is 0 Å². The Morgan fingerprint density at radius 1 is 1.00 bits per heavy atom. The van der Waals surface area contributed by atoms with Crippen molar-refractivity contribution in [1.29, 1.82) is 0 Å². The van der Waals surface area contributed by atoms with Crippen LogP contribution in [0.15, 0.2) is 12.1 Å². The molecule has 7 heteroatoms. The first-order valence-electron chi connectivity index (χ1n) is 3.95. The molecule has 0 atom stereocenters. The summed E-state index contributed by atoms with van der Waals surface area (Å²) in [5.41, 5.74) is -1.11. The number of carbonyl (C=O) groups excluding carboxylic acids is 1. The minimum Gasteiger partial charge on any atom is -0.294 e.